The van der Waals surface area contributed by atoms with E-state index in [0.29, 0.717) is 6.42 Å². The SMILES string of the molecule is CCCC(N[C-]=O)C(C)=O.[Y]. The number of Topliss-reactive ketones (excluding diaryl/α,β-unsaturated/α-hetero) is 1. The summed E-state index contributed by atoms with van der Waals surface area (Å²) in [5.41, 5.74) is 0. The van der Waals surface area contributed by atoms with Gasteiger partial charge >= 0.3 is 0 Å². The molecule has 1 N–H and O–H groups in total. The predicted molar refractivity (Wildman–Crippen MR) is 38.2 cm³/mol. The summed E-state index contributed by atoms with van der Waals surface area (Å²) in [6, 6.07) is -0.331. The van der Waals surface area contributed by atoms with Gasteiger partial charge in [0.15, 0.2) is 0 Å². The summed E-state index contributed by atoms with van der Waals surface area (Å²) in [6.07, 6.45) is 3.10. The van der Waals surface area contributed by atoms with Gasteiger partial charge in [0.05, 0.1) is 6.04 Å². The van der Waals surface area contributed by atoms with Crippen molar-refractivity contribution in [3.05, 3.63) is 0 Å². The zero-order valence-electron chi connectivity index (χ0n) is 6.89. The molecule has 0 aromatic carbocycles. The summed E-state index contributed by atoms with van der Waals surface area (Å²) in [5.74, 6) is -0.00907. The van der Waals surface area contributed by atoms with Crippen molar-refractivity contribution < 1.29 is 42.3 Å². The Labute approximate surface area is 92.2 Å². The molecule has 0 spiro atoms. The fraction of sp³-hybridized carbons (Fsp3) is 0.714. The molecule has 0 aliphatic carbocycles. The van der Waals surface area contributed by atoms with E-state index in [2.05, 4.69) is 5.32 Å². The average molecular weight is 231 g/mol. The molecular weight excluding hydrogens is 219 g/mol. The molecule has 0 rings (SSSR count). The van der Waals surface area contributed by atoms with Crippen LogP contribution in [0.2, 0.25) is 0 Å². The number of hydrogen-bond acceptors (Lipinski definition) is 2. The Bertz CT molecular complexity index is 128. The topological polar surface area (TPSA) is 46.2 Å². The van der Waals surface area contributed by atoms with Crippen LogP contribution in [0, 0.1) is 0 Å². The third kappa shape index (κ3) is 6.63. The molecule has 0 aromatic rings. The first kappa shape index (κ1) is 13.8. The summed E-state index contributed by atoms with van der Waals surface area (Å²) in [4.78, 5) is 20.5. The molecule has 0 bridgehead atoms. The molecule has 61 valence electrons. The molecule has 0 aliphatic rings. The minimum atomic E-state index is -0.331. The minimum absolute atomic E-state index is 0. The van der Waals surface area contributed by atoms with Gasteiger partial charge in [0.1, 0.15) is 5.78 Å². The second-order valence-electron chi connectivity index (χ2n) is 2.20. The molecule has 0 saturated carbocycles. The van der Waals surface area contributed by atoms with E-state index in [-0.39, 0.29) is 44.5 Å². The van der Waals surface area contributed by atoms with Gasteiger partial charge in [-0.3, -0.25) is 4.79 Å². The predicted octanol–water partition coefficient (Wildman–Crippen LogP) is 0.398. The standard InChI is InChI=1S/C7H12NO2.Y/c1-3-4-7(6(2)10)8-5-9;/h7H,3-4H2,1-2H3,(H,8,9);/q-1;. The zero-order chi connectivity index (χ0) is 7.98. The molecule has 1 radical (unpaired) electrons. The van der Waals surface area contributed by atoms with Gasteiger partial charge in [0, 0.05) is 32.7 Å². The maximum absolute atomic E-state index is 10.7. The van der Waals surface area contributed by atoms with Crippen LogP contribution in [-0.2, 0) is 42.3 Å². The molecule has 0 fully saturated rings. The third-order valence-electron chi connectivity index (χ3n) is 1.30. The average Bonchev–Trinajstić information content (AvgIpc) is 1.87. The van der Waals surface area contributed by atoms with Crippen LogP contribution >= 0.6 is 0 Å². The Morgan fingerprint density at radius 1 is 1.64 bits per heavy atom. The number of carbonyl (C=O) groups excluding carboxylic acids is 2. The first-order valence-corrected chi connectivity index (χ1v) is 3.35. The number of amides is 1. The Morgan fingerprint density at radius 2 is 2.18 bits per heavy atom. The summed E-state index contributed by atoms with van der Waals surface area (Å²) < 4.78 is 0. The van der Waals surface area contributed by atoms with Gasteiger partial charge in [-0.2, -0.15) is 6.41 Å². The van der Waals surface area contributed by atoms with Crippen LogP contribution in [0.15, 0.2) is 0 Å². The van der Waals surface area contributed by atoms with Crippen molar-refractivity contribution >= 4 is 12.2 Å². The monoisotopic (exact) mass is 231 g/mol. The Balaban J connectivity index is 0. The number of rotatable bonds is 5. The molecule has 11 heavy (non-hydrogen) atoms. The smallest absolute Gasteiger partial charge is 0.149 e. The van der Waals surface area contributed by atoms with Crippen LogP contribution in [0.3, 0.4) is 0 Å². The van der Waals surface area contributed by atoms with E-state index in [1.807, 2.05) is 6.92 Å². The number of ketones is 1. The van der Waals surface area contributed by atoms with Gasteiger partial charge < -0.3 is 10.1 Å². The third-order valence-corrected chi connectivity index (χ3v) is 1.30. The number of carbonyl (C=O) groups is 1. The zero-order valence-corrected chi connectivity index (χ0v) is 9.72. The van der Waals surface area contributed by atoms with E-state index in [9.17, 15) is 9.59 Å². The van der Waals surface area contributed by atoms with Crippen molar-refractivity contribution in [2.75, 3.05) is 0 Å². The maximum atomic E-state index is 10.7. The molecule has 1 unspecified atom stereocenters. The van der Waals surface area contributed by atoms with E-state index in [4.69, 9.17) is 0 Å². The van der Waals surface area contributed by atoms with Crippen LogP contribution in [0.5, 0.6) is 0 Å². The maximum Gasteiger partial charge on any atom is 0.149 e. The Kier molecular flexibility index (Phi) is 10.5. The second kappa shape index (κ2) is 8.34. The van der Waals surface area contributed by atoms with Gasteiger partial charge in [-0.25, -0.2) is 0 Å². The van der Waals surface area contributed by atoms with Gasteiger partial charge in [0.2, 0.25) is 0 Å². The van der Waals surface area contributed by atoms with E-state index in [0.717, 1.165) is 6.42 Å². The summed E-state index contributed by atoms with van der Waals surface area (Å²) in [7, 11) is 0. The van der Waals surface area contributed by atoms with Crippen molar-refractivity contribution in [2.45, 2.75) is 32.7 Å². The molecule has 4 heteroatoms. The fourth-order valence-electron chi connectivity index (χ4n) is 0.737. The van der Waals surface area contributed by atoms with Crippen LogP contribution in [0.4, 0.5) is 0 Å². The number of hydrogen-bond donors (Lipinski definition) is 1. The number of nitrogens with one attached hydrogen (secondary N) is 1. The van der Waals surface area contributed by atoms with Gasteiger partial charge in [-0.15, -0.1) is 0 Å². The van der Waals surface area contributed by atoms with E-state index in [1.165, 1.54) is 13.3 Å². The van der Waals surface area contributed by atoms with Crippen molar-refractivity contribution in [1.82, 2.24) is 5.32 Å². The molecule has 1 atom stereocenters. The normalized spacial score (nSPS) is 11.1. The van der Waals surface area contributed by atoms with Crippen LogP contribution in [0.25, 0.3) is 0 Å². The molecular formula is C7H12NO2Y-. The van der Waals surface area contributed by atoms with Gasteiger partial charge in [-0.05, 0) is 13.3 Å². The van der Waals surface area contributed by atoms with E-state index < -0.39 is 0 Å². The Morgan fingerprint density at radius 3 is 2.45 bits per heavy atom. The van der Waals surface area contributed by atoms with Crippen molar-refractivity contribution in [3.63, 3.8) is 0 Å². The van der Waals surface area contributed by atoms with Crippen molar-refractivity contribution in [1.29, 1.82) is 0 Å². The van der Waals surface area contributed by atoms with Crippen LogP contribution in [-0.4, -0.2) is 18.2 Å². The fourth-order valence-corrected chi connectivity index (χ4v) is 0.737. The van der Waals surface area contributed by atoms with Crippen molar-refractivity contribution in [3.8, 4) is 0 Å². The van der Waals surface area contributed by atoms with E-state index >= 15 is 0 Å². The summed E-state index contributed by atoms with van der Waals surface area (Å²) in [6.45, 7) is 3.42. The first-order chi connectivity index (χ1) is 4.72. The molecule has 0 aromatic heterocycles. The molecule has 0 saturated heterocycles. The summed E-state index contributed by atoms with van der Waals surface area (Å²) >= 11 is 0. The Hall–Kier alpha value is 0.244. The second-order valence-corrected chi connectivity index (χ2v) is 2.20. The van der Waals surface area contributed by atoms with Crippen molar-refractivity contribution in [2.24, 2.45) is 0 Å². The summed E-state index contributed by atoms with van der Waals surface area (Å²) in [5, 5.41) is 2.33. The van der Waals surface area contributed by atoms with Gasteiger partial charge in [0.25, 0.3) is 0 Å². The molecule has 0 heterocycles. The van der Waals surface area contributed by atoms with Crippen LogP contribution < -0.4 is 5.32 Å². The quantitative estimate of drug-likeness (QED) is 0.549. The van der Waals surface area contributed by atoms with Crippen LogP contribution in [0.1, 0.15) is 26.7 Å². The molecule has 3 nitrogen and oxygen atoms in total. The molecule has 1 amide bonds. The first-order valence-electron chi connectivity index (χ1n) is 3.35. The minimum Gasteiger partial charge on any atom is -0.521 e. The van der Waals surface area contributed by atoms with E-state index in [1.54, 1.807) is 0 Å². The largest absolute Gasteiger partial charge is 0.521 e. The molecule has 0 aliphatic heterocycles. The van der Waals surface area contributed by atoms with Gasteiger partial charge in [-0.1, -0.05) is 13.3 Å².